The Bertz CT molecular complexity index is 1130. The number of anilines is 1. The Kier molecular flexibility index (Phi) is 4.37. The highest BCUT2D eigenvalue weighted by atomic mass is 16.3. The molecule has 1 amide bonds. The highest BCUT2D eigenvalue weighted by molar-refractivity contribution is 5.93. The van der Waals surface area contributed by atoms with E-state index in [0.717, 1.165) is 27.9 Å². The van der Waals surface area contributed by atoms with Crippen LogP contribution >= 0.6 is 0 Å². The fourth-order valence-corrected chi connectivity index (χ4v) is 3.22. The first-order valence-electron chi connectivity index (χ1n) is 8.91. The molecule has 7 nitrogen and oxygen atoms in total. The van der Waals surface area contributed by atoms with Gasteiger partial charge in [0.2, 0.25) is 5.91 Å². The lowest BCUT2D eigenvalue weighted by atomic mass is 10.2. The van der Waals surface area contributed by atoms with Gasteiger partial charge in [0.1, 0.15) is 17.8 Å². The maximum Gasteiger partial charge on any atom is 0.226 e. The summed E-state index contributed by atoms with van der Waals surface area (Å²) in [5, 5.41) is 12.5. The van der Waals surface area contributed by atoms with Crippen molar-refractivity contribution in [3.8, 4) is 0 Å². The second kappa shape index (κ2) is 6.85. The molecule has 0 fully saturated rings. The van der Waals surface area contributed by atoms with Crippen LogP contribution in [0, 0.1) is 6.92 Å². The smallest absolute Gasteiger partial charge is 0.226 e. The van der Waals surface area contributed by atoms with Crippen LogP contribution in [0.2, 0.25) is 0 Å². The van der Waals surface area contributed by atoms with Gasteiger partial charge in [0, 0.05) is 18.7 Å². The first-order chi connectivity index (χ1) is 13.0. The zero-order valence-electron chi connectivity index (χ0n) is 15.2. The molecule has 4 aromatic rings. The van der Waals surface area contributed by atoms with Gasteiger partial charge in [0.15, 0.2) is 0 Å². The largest absolute Gasteiger partial charge is 0.385 e. The Labute approximate surface area is 156 Å². The van der Waals surface area contributed by atoms with E-state index in [0.29, 0.717) is 24.5 Å². The van der Waals surface area contributed by atoms with E-state index in [1.807, 2.05) is 49.4 Å². The predicted molar refractivity (Wildman–Crippen MR) is 104 cm³/mol. The van der Waals surface area contributed by atoms with Crippen LogP contribution in [0.1, 0.15) is 31.1 Å². The molecule has 138 valence electrons. The number of nitrogens with one attached hydrogen (secondary N) is 2. The molecule has 2 heterocycles. The molecule has 1 unspecified atom stereocenters. The normalized spacial score (nSPS) is 12.6. The van der Waals surface area contributed by atoms with Crippen LogP contribution in [0.3, 0.4) is 0 Å². The number of aryl methyl sites for hydroxylation is 2. The van der Waals surface area contributed by atoms with Gasteiger partial charge in [-0.3, -0.25) is 4.79 Å². The van der Waals surface area contributed by atoms with Crippen molar-refractivity contribution in [3.63, 3.8) is 0 Å². The van der Waals surface area contributed by atoms with Crippen LogP contribution in [-0.4, -0.2) is 30.5 Å². The van der Waals surface area contributed by atoms with Crippen molar-refractivity contribution >= 4 is 33.7 Å². The standard InChI is InChI=1S/C20H21N5O2/c1-12(26)20-23-15-8-7-14(11-17(15)24-20)22-19(27)9-10-25-13(2)21-16-5-3-4-6-18(16)25/h3-8,11-12,26H,9-10H2,1-2H3,(H,22,27)(H,23,24). The molecule has 4 rings (SSSR count). The van der Waals surface area contributed by atoms with E-state index in [1.165, 1.54) is 0 Å². The number of benzene rings is 2. The van der Waals surface area contributed by atoms with Gasteiger partial charge in [-0.05, 0) is 44.2 Å². The first kappa shape index (κ1) is 17.2. The summed E-state index contributed by atoms with van der Waals surface area (Å²) in [5.74, 6) is 1.34. The Morgan fingerprint density at radius 3 is 2.85 bits per heavy atom. The molecule has 0 saturated heterocycles. The van der Waals surface area contributed by atoms with Gasteiger partial charge in [0.05, 0.1) is 22.1 Å². The number of hydrogen-bond acceptors (Lipinski definition) is 4. The number of rotatable bonds is 5. The van der Waals surface area contributed by atoms with E-state index in [9.17, 15) is 9.90 Å². The monoisotopic (exact) mass is 363 g/mol. The third kappa shape index (κ3) is 3.41. The van der Waals surface area contributed by atoms with Crippen molar-refractivity contribution in [1.29, 1.82) is 0 Å². The van der Waals surface area contributed by atoms with Gasteiger partial charge in [-0.2, -0.15) is 0 Å². The summed E-state index contributed by atoms with van der Waals surface area (Å²) in [4.78, 5) is 24.3. The van der Waals surface area contributed by atoms with Crippen LogP contribution in [0.15, 0.2) is 42.5 Å². The SMILES string of the molecule is Cc1nc2ccccc2n1CCC(=O)Nc1ccc2nc(C(C)O)[nH]c2c1. The third-order valence-corrected chi connectivity index (χ3v) is 4.59. The fourth-order valence-electron chi connectivity index (χ4n) is 3.22. The number of nitrogens with zero attached hydrogens (tertiary/aromatic N) is 3. The molecule has 0 aliphatic carbocycles. The minimum absolute atomic E-state index is 0.0678. The number of carbonyl (C=O) groups excluding carboxylic acids is 1. The maximum atomic E-state index is 12.4. The van der Waals surface area contributed by atoms with Crippen LogP contribution in [0.5, 0.6) is 0 Å². The zero-order valence-corrected chi connectivity index (χ0v) is 15.2. The van der Waals surface area contributed by atoms with Crippen LogP contribution < -0.4 is 5.32 Å². The lowest BCUT2D eigenvalue weighted by Gasteiger charge is -2.08. The Balaban J connectivity index is 1.46. The number of H-pyrrole nitrogens is 1. The molecule has 2 aromatic heterocycles. The Hall–Kier alpha value is -3.19. The molecule has 0 aliphatic heterocycles. The van der Waals surface area contributed by atoms with E-state index < -0.39 is 6.10 Å². The number of aromatic amines is 1. The topological polar surface area (TPSA) is 95.8 Å². The predicted octanol–water partition coefficient (Wildman–Crippen LogP) is 3.30. The number of aliphatic hydroxyl groups is 1. The van der Waals surface area contributed by atoms with Crippen molar-refractivity contribution in [2.75, 3.05) is 5.32 Å². The number of carbonyl (C=O) groups is 1. The van der Waals surface area contributed by atoms with Gasteiger partial charge >= 0.3 is 0 Å². The summed E-state index contributed by atoms with van der Waals surface area (Å²) in [6, 6.07) is 13.4. The lowest BCUT2D eigenvalue weighted by molar-refractivity contribution is -0.116. The van der Waals surface area contributed by atoms with Gasteiger partial charge < -0.3 is 20.0 Å². The molecule has 1 atom stereocenters. The molecule has 2 aromatic carbocycles. The lowest BCUT2D eigenvalue weighted by Crippen LogP contribution is -2.15. The Morgan fingerprint density at radius 2 is 2.04 bits per heavy atom. The number of hydrogen-bond donors (Lipinski definition) is 3. The summed E-state index contributed by atoms with van der Waals surface area (Å²) >= 11 is 0. The summed E-state index contributed by atoms with van der Waals surface area (Å²) in [7, 11) is 0. The molecule has 0 bridgehead atoms. The summed E-state index contributed by atoms with van der Waals surface area (Å²) in [6.45, 7) is 4.17. The van der Waals surface area contributed by atoms with Crippen molar-refractivity contribution in [3.05, 3.63) is 54.1 Å². The maximum absolute atomic E-state index is 12.4. The molecule has 7 heteroatoms. The molecular formula is C20H21N5O2. The number of aromatic nitrogens is 4. The first-order valence-corrected chi connectivity index (χ1v) is 8.91. The number of amides is 1. The third-order valence-electron chi connectivity index (χ3n) is 4.59. The summed E-state index contributed by atoms with van der Waals surface area (Å²) in [6.07, 6.45) is -0.315. The van der Waals surface area contributed by atoms with E-state index in [2.05, 4.69) is 24.8 Å². The summed E-state index contributed by atoms with van der Waals surface area (Å²) in [5.41, 5.74) is 4.20. The van der Waals surface area contributed by atoms with Gasteiger partial charge in [-0.25, -0.2) is 9.97 Å². The average molecular weight is 363 g/mol. The van der Waals surface area contributed by atoms with E-state index in [1.54, 1.807) is 6.92 Å². The van der Waals surface area contributed by atoms with Crippen LogP contribution in [0.4, 0.5) is 5.69 Å². The van der Waals surface area contributed by atoms with Gasteiger partial charge in [-0.1, -0.05) is 12.1 Å². The minimum atomic E-state index is -0.663. The van der Waals surface area contributed by atoms with E-state index in [-0.39, 0.29) is 5.91 Å². The van der Waals surface area contributed by atoms with Crippen molar-refractivity contribution in [1.82, 2.24) is 19.5 Å². The number of aliphatic hydroxyl groups excluding tert-OH is 1. The molecule has 3 N–H and O–H groups in total. The van der Waals surface area contributed by atoms with Crippen molar-refractivity contribution < 1.29 is 9.90 Å². The van der Waals surface area contributed by atoms with E-state index in [4.69, 9.17) is 0 Å². The average Bonchev–Trinajstić information content (AvgIpc) is 3.20. The second-order valence-corrected chi connectivity index (χ2v) is 6.63. The van der Waals surface area contributed by atoms with Crippen LogP contribution in [0.25, 0.3) is 22.1 Å². The number of fused-ring (bicyclic) bond motifs is 2. The van der Waals surface area contributed by atoms with Crippen LogP contribution in [-0.2, 0) is 11.3 Å². The molecule has 0 radical (unpaired) electrons. The Morgan fingerprint density at radius 1 is 1.22 bits per heavy atom. The fraction of sp³-hybridized carbons (Fsp3) is 0.250. The van der Waals surface area contributed by atoms with Gasteiger partial charge in [-0.15, -0.1) is 0 Å². The van der Waals surface area contributed by atoms with Crippen molar-refractivity contribution in [2.24, 2.45) is 0 Å². The molecular weight excluding hydrogens is 342 g/mol. The molecule has 0 spiro atoms. The molecule has 0 saturated carbocycles. The highest BCUT2D eigenvalue weighted by Gasteiger charge is 2.11. The molecule has 0 aliphatic rings. The summed E-state index contributed by atoms with van der Waals surface area (Å²) < 4.78 is 2.06. The quantitative estimate of drug-likeness (QED) is 0.507. The number of imidazole rings is 2. The zero-order chi connectivity index (χ0) is 19.0. The van der Waals surface area contributed by atoms with Gasteiger partial charge in [0.25, 0.3) is 0 Å². The van der Waals surface area contributed by atoms with E-state index >= 15 is 0 Å². The second-order valence-electron chi connectivity index (χ2n) is 6.63. The number of para-hydroxylation sites is 2. The highest BCUT2D eigenvalue weighted by Crippen LogP contribution is 2.20. The van der Waals surface area contributed by atoms with Crippen molar-refractivity contribution in [2.45, 2.75) is 32.9 Å². The minimum Gasteiger partial charge on any atom is -0.385 e. The molecule has 27 heavy (non-hydrogen) atoms.